The van der Waals surface area contributed by atoms with E-state index >= 15 is 0 Å². The summed E-state index contributed by atoms with van der Waals surface area (Å²) in [5.74, 6) is -0.746. The highest BCUT2D eigenvalue weighted by Gasteiger charge is 2.05. The quantitative estimate of drug-likeness (QED) is 0.346. The molecule has 0 saturated heterocycles. The number of carbonyl (C=O) groups excluding carboxylic acids is 1. The average Bonchev–Trinajstić information content (AvgIpc) is 2.50. The van der Waals surface area contributed by atoms with Crippen molar-refractivity contribution in [3.05, 3.63) is 49.1 Å². The molecule has 5 N–H and O–H groups in total. The number of anilines is 1. The van der Waals surface area contributed by atoms with Crippen molar-refractivity contribution in [2.45, 2.75) is 0 Å². The van der Waals surface area contributed by atoms with E-state index in [9.17, 15) is 19.5 Å². The van der Waals surface area contributed by atoms with Gasteiger partial charge in [0.1, 0.15) is 5.75 Å². The summed E-state index contributed by atoms with van der Waals surface area (Å²) in [5.41, 5.74) is 1.12. The molecule has 23 heavy (non-hydrogen) atoms. The molecule has 2 rings (SSSR count). The molecule has 1 amide bonds. The van der Waals surface area contributed by atoms with Crippen molar-refractivity contribution in [3.63, 3.8) is 0 Å². The molecule has 0 unspecified atom stereocenters. The van der Waals surface area contributed by atoms with Gasteiger partial charge in [-0.2, -0.15) is 5.10 Å². The van der Waals surface area contributed by atoms with Gasteiger partial charge in [0.2, 0.25) is 5.82 Å². The van der Waals surface area contributed by atoms with Gasteiger partial charge in [0.15, 0.2) is 0 Å². The second kappa shape index (κ2) is 7.35. The number of nitrogens with one attached hydrogen (secondary N) is 4. The number of nitrogens with zero attached hydrogens (tertiary/aromatic N) is 2. The van der Waals surface area contributed by atoms with E-state index in [1.54, 1.807) is 12.1 Å². The number of H-pyrrole nitrogens is 2. The fourth-order valence-corrected chi connectivity index (χ4v) is 1.85. The second-order valence-electron chi connectivity index (χ2n) is 4.21. The summed E-state index contributed by atoms with van der Waals surface area (Å²) < 4.78 is 0.744. The molecule has 0 saturated carbocycles. The zero-order chi connectivity index (χ0) is 16.8. The highest BCUT2D eigenvalue weighted by Crippen LogP contribution is 2.19. The van der Waals surface area contributed by atoms with Gasteiger partial charge in [-0.3, -0.25) is 14.6 Å². The molecule has 1 aromatic heterocycles. The van der Waals surface area contributed by atoms with E-state index in [0.29, 0.717) is 5.56 Å². The molecular weight excluding hydrogens is 372 g/mol. The van der Waals surface area contributed by atoms with Crippen LogP contribution >= 0.6 is 15.9 Å². The van der Waals surface area contributed by atoms with Gasteiger partial charge >= 0.3 is 5.69 Å². The Kier molecular flexibility index (Phi) is 5.25. The summed E-state index contributed by atoms with van der Waals surface area (Å²) >= 11 is 3.24. The van der Waals surface area contributed by atoms with Crippen molar-refractivity contribution >= 4 is 33.9 Å². The Bertz CT molecular complexity index is 859. The monoisotopic (exact) mass is 382 g/mol. The maximum absolute atomic E-state index is 11.6. The third-order valence-corrected chi connectivity index (χ3v) is 3.00. The fourth-order valence-electron chi connectivity index (χ4n) is 1.47. The molecule has 0 aliphatic rings. The van der Waals surface area contributed by atoms with Gasteiger partial charge in [-0.1, -0.05) is 15.9 Å². The second-order valence-corrected chi connectivity index (χ2v) is 5.12. The van der Waals surface area contributed by atoms with Gasteiger partial charge in [0.25, 0.3) is 11.5 Å². The Morgan fingerprint density at radius 3 is 2.96 bits per heavy atom. The zero-order valence-electron chi connectivity index (χ0n) is 11.5. The van der Waals surface area contributed by atoms with E-state index in [0.717, 1.165) is 4.47 Å². The first-order valence-electron chi connectivity index (χ1n) is 6.19. The van der Waals surface area contributed by atoms with Crippen LogP contribution in [-0.2, 0) is 4.79 Å². The van der Waals surface area contributed by atoms with Gasteiger partial charge in [0.05, 0.1) is 12.8 Å². The number of hydrazone groups is 1. The minimum atomic E-state index is -0.747. The van der Waals surface area contributed by atoms with Crippen LogP contribution in [0.25, 0.3) is 0 Å². The molecular formula is C12H11BrN6O4. The van der Waals surface area contributed by atoms with Crippen molar-refractivity contribution in [2.24, 2.45) is 5.10 Å². The highest BCUT2D eigenvalue weighted by molar-refractivity contribution is 9.10. The van der Waals surface area contributed by atoms with Crippen LogP contribution in [0.15, 0.2) is 37.4 Å². The number of aromatic nitrogens is 3. The minimum Gasteiger partial charge on any atom is -0.507 e. The summed E-state index contributed by atoms with van der Waals surface area (Å²) in [6.45, 7) is -0.288. The van der Waals surface area contributed by atoms with Gasteiger partial charge in [0, 0.05) is 10.0 Å². The van der Waals surface area contributed by atoms with E-state index in [4.69, 9.17) is 0 Å². The van der Waals surface area contributed by atoms with Crippen molar-refractivity contribution < 1.29 is 9.90 Å². The SMILES string of the molecule is O=C(CNc1n[nH]c(=O)[nH]c1=O)N/N=C/c1cc(Br)ccc1O. The summed E-state index contributed by atoms with van der Waals surface area (Å²) in [4.78, 5) is 35.6. The third-order valence-electron chi connectivity index (χ3n) is 2.51. The Morgan fingerprint density at radius 1 is 1.43 bits per heavy atom. The predicted molar refractivity (Wildman–Crippen MR) is 85.5 cm³/mol. The standard InChI is InChI=1S/C12H11BrN6O4/c13-7-1-2-8(20)6(3-7)4-15-17-9(21)5-14-10-11(22)16-12(23)19-18-10/h1-4,20H,5H2,(H,14,18)(H,17,21)(H2,16,19,22,23)/b15-4+. The normalized spacial score (nSPS) is 10.7. The number of amides is 1. The summed E-state index contributed by atoms with van der Waals surface area (Å²) in [6.07, 6.45) is 1.27. The Hall–Kier alpha value is -2.95. The van der Waals surface area contributed by atoms with Crippen LogP contribution in [0.1, 0.15) is 5.56 Å². The smallest absolute Gasteiger partial charge is 0.342 e. The fraction of sp³-hybridized carbons (Fsp3) is 0.0833. The van der Waals surface area contributed by atoms with Crippen LogP contribution in [0.2, 0.25) is 0 Å². The summed E-state index contributed by atoms with van der Waals surface area (Å²) in [7, 11) is 0. The van der Waals surface area contributed by atoms with Crippen molar-refractivity contribution in [3.8, 4) is 5.75 Å². The molecule has 1 aromatic carbocycles. The molecule has 120 valence electrons. The third kappa shape index (κ3) is 4.78. The number of hydrogen-bond acceptors (Lipinski definition) is 7. The van der Waals surface area contributed by atoms with Crippen molar-refractivity contribution in [2.75, 3.05) is 11.9 Å². The molecule has 2 aromatic rings. The molecule has 0 aliphatic carbocycles. The van der Waals surface area contributed by atoms with Crippen LogP contribution < -0.4 is 22.0 Å². The lowest BCUT2D eigenvalue weighted by Crippen LogP contribution is -2.31. The van der Waals surface area contributed by atoms with Gasteiger partial charge in [-0.25, -0.2) is 15.3 Å². The molecule has 0 fully saturated rings. The number of carbonyl (C=O) groups is 1. The number of halogens is 1. The van der Waals surface area contributed by atoms with Crippen LogP contribution in [-0.4, -0.2) is 39.0 Å². The molecule has 10 nitrogen and oxygen atoms in total. The van der Waals surface area contributed by atoms with Crippen LogP contribution in [0.5, 0.6) is 5.75 Å². The summed E-state index contributed by atoms with van der Waals surface area (Å²) in [5, 5.41) is 21.2. The maximum atomic E-state index is 11.6. The molecule has 0 aliphatic heterocycles. The predicted octanol–water partition coefficient (Wildman–Crippen LogP) is -0.511. The van der Waals surface area contributed by atoms with E-state index in [1.807, 2.05) is 10.1 Å². The largest absolute Gasteiger partial charge is 0.507 e. The highest BCUT2D eigenvalue weighted by atomic mass is 79.9. The van der Waals surface area contributed by atoms with E-state index in [2.05, 4.69) is 36.9 Å². The lowest BCUT2D eigenvalue weighted by molar-refractivity contribution is -0.119. The van der Waals surface area contributed by atoms with E-state index < -0.39 is 17.2 Å². The number of hydrogen-bond donors (Lipinski definition) is 5. The molecule has 11 heteroatoms. The van der Waals surface area contributed by atoms with Crippen molar-refractivity contribution in [1.29, 1.82) is 0 Å². The molecule has 1 heterocycles. The van der Waals surface area contributed by atoms with Crippen LogP contribution in [0.4, 0.5) is 5.82 Å². The Balaban J connectivity index is 1.90. The van der Waals surface area contributed by atoms with Crippen LogP contribution in [0.3, 0.4) is 0 Å². The lowest BCUT2D eigenvalue weighted by atomic mass is 10.2. The topological polar surface area (TPSA) is 152 Å². The summed E-state index contributed by atoms with van der Waals surface area (Å²) in [6, 6.07) is 4.75. The first-order chi connectivity index (χ1) is 11.0. The first-order valence-corrected chi connectivity index (χ1v) is 6.98. The average molecular weight is 383 g/mol. The van der Waals surface area contributed by atoms with E-state index in [1.165, 1.54) is 12.3 Å². The number of aromatic amines is 2. The van der Waals surface area contributed by atoms with Gasteiger partial charge < -0.3 is 10.4 Å². The van der Waals surface area contributed by atoms with Gasteiger partial charge in [-0.05, 0) is 18.2 Å². The first kappa shape index (κ1) is 16.4. The molecule has 0 spiro atoms. The van der Waals surface area contributed by atoms with Crippen LogP contribution in [0, 0.1) is 0 Å². The Morgan fingerprint density at radius 2 is 2.22 bits per heavy atom. The number of benzene rings is 1. The number of aromatic hydroxyl groups is 1. The zero-order valence-corrected chi connectivity index (χ0v) is 13.0. The molecule has 0 atom stereocenters. The maximum Gasteiger partial charge on any atom is 0.342 e. The Labute approximate surface area is 136 Å². The minimum absolute atomic E-state index is 0.00768. The number of phenols is 1. The van der Waals surface area contributed by atoms with E-state index in [-0.39, 0.29) is 18.1 Å². The number of phenolic OH excluding ortho intramolecular Hbond substituents is 1. The van der Waals surface area contributed by atoms with Crippen molar-refractivity contribution in [1.82, 2.24) is 20.6 Å². The lowest BCUT2D eigenvalue weighted by Gasteiger charge is -2.03. The molecule has 0 bridgehead atoms. The molecule has 0 radical (unpaired) electrons. The van der Waals surface area contributed by atoms with Gasteiger partial charge in [-0.15, -0.1) is 5.10 Å². The number of rotatable bonds is 5.